The highest BCUT2D eigenvalue weighted by Gasteiger charge is 1.87. The van der Waals surface area contributed by atoms with Crippen LogP contribution < -0.4 is 0 Å². The highest BCUT2D eigenvalue weighted by Crippen LogP contribution is 2.07. The van der Waals surface area contributed by atoms with Crippen LogP contribution in [0.15, 0.2) is 41.7 Å². The number of allylic oxidation sites excluding steroid dienone is 4. The molecule has 0 N–H and O–H groups in total. The third-order valence-electron chi connectivity index (χ3n) is 1.77. The van der Waals surface area contributed by atoms with Crippen molar-refractivity contribution in [2.24, 2.45) is 0 Å². The largest absolute Gasteiger partial charge is 0.130 e. The van der Waals surface area contributed by atoms with Crippen molar-refractivity contribution in [3.63, 3.8) is 0 Å². The summed E-state index contributed by atoms with van der Waals surface area (Å²) in [7, 11) is 0. The van der Waals surface area contributed by atoms with E-state index in [0.29, 0.717) is 0 Å². The van der Waals surface area contributed by atoms with E-state index in [0.717, 1.165) is 19.3 Å². The van der Waals surface area contributed by atoms with Crippen molar-refractivity contribution in [1.29, 1.82) is 0 Å². The van der Waals surface area contributed by atoms with Crippen LogP contribution in [0, 0.1) is 0 Å². The predicted molar refractivity (Wildman–Crippen MR) is 60.7 cm³/mol. The second kappa shape index (κ2) is 7.64. The monoisotopic (exact) mass is 176 g/mol. The fraction of sp³-hybridized carbons (Fsp3) is 0.462. The van der Waals surface area contributed by atoms with E-state index in [-0.39, 0.29) is 0 Å². The first-order valence-electron chi connectivity index (χ1n) is 4.82. The van der Waals surface area contributed by atoms with Gasteiger partial charge in [-0.15, -0.1) is 5.73 Å². The summed E-state index contributed by atoms with van der Waals surface area (Å²) in [4.78, 5) is 0. The van der Waals surface area contributed by atoms with E-state index in [9.17, 15) is 0 Å². The van der Waals surface area contributed by atoms with Gasteiger partial charge in [-0.3, -0.25) is 0 Å². The molecule has 0 fully saturated rings. The Balaban J connectivity index is 3.73. The molecule has 0 aromatic heterocycles. The zero-order chi connectivity index (χ0) is 10.1. The van der Waals surface area contributed by atoms with Gasteiger partial charge in [-0.1, -0.05) is 23.8 Å². The molecule has 0 saturated carbocycles. The number of hydrogen-bond acceptors (Lipinski definition) is 0. The Morgan fingerprint density at radius 2 is 2.08 bits per heavy atom. The molecule has 0 unspecified atom stereocenters. The van der Waals surface area contributed by atoms with Gasteiger partial charge >= 0.3 is 0 Å². The molecule has 0 heteroatoms. The van der Waals surface area contributed by atoms with Gasteiger partial charge in [0.25, 0.3) is 0 Å². The quantitative estimate of drug-likeness (QED) is 0.430. The average molecular weight is 176 g/mol. The van der Waals surface area contributed by atoms with Crippen LogP contribution in [0.2, 0.25) is 0 Å². The minimum absolute atomic E-state index is 1.01. The lowest BCUT2D eigenvalue weighted by atomic mass is 10.1. The smallest absolute Gasteiger partial charge is 0.0142 e. The summed E-state index contributed by atoms with van der Waals surface area (Å²) in [5.74, 6) is 0. The second-order valence-electron chi connectivity index (χ2n) is 3.41. The summed E-state index contributed by atoms with van der Waals surface area (Å²) < 4.78 is 0. The van der Waals surface area contributed by atoms with Crippen molar-refractivity contribution < 1.29 is 0 Å². The third-order valence-corrected chi connectivity index (χ3v) is 1.77. The Kier molecular flexibility index (Phi) is 7.05. The van der Waals surface area contributed by atoms with Gasteiger partial charge in [0, 0.05) is 0 Å². The van der Waals surface area contributed by atoms with Crippen LogP contribution in [0.5, 0.6) is 0 Å². The van der Waals surface area contributed by atoms with E-state index < -0.39 is 0 Å². The Morgan fingerprint density at radius 3 is 2.62 bits per heavy atom. The van der Waals surface area contributed by atoms with Gasteiger partial charge in [-0.2, -0.15) is 0 Å². The Hall–Kier alpha value is -1.00. The summed E-state index contributed by atoms with van der Waals surface area (Å²) >= 11 is 0. The van der Waals surface area contributed by atoms with E-state index in [2.05, 4.69) is 38.3 Å². The third kappa shape index (κ3) is 8.91. The minimum Gasteiger partial charge on any atom is -0.130 e. The maximum absolute atomic E-state index is 3.87. The molecule has 0 aliphatic rings. The zero-order valence-corrected chi connectivity index (χ0v) is 9.06. The summed E-state index contributed by atoms with van der Waals surface area (Å²) in [6, 6.07) is 0. The van der Waals surface area contributed by atoms with E-state index >= 15 is 0 Å². The summed E-state index contributed by atoms with van der Waals surface area (Å²) in [5, 5.41) is 0. The molecule has 0 nitrogen and oxygen atoms in total. The molecule has 72 valence electrons. The molecule has 0 bridgehead atoms. The molecule has 0 saturated heterocycles. The molecule has 0 heterocycles. The first-order valence-corrected chi connectivity index (χ1v) is 4.82. The van der Waals surface area contributed by atoms with Crippen LogP contribution in [0.25, 0.3) is 0 Å². The normalized spacial score (nSPS) is 10.5. The molecule has 0 spiro atoms. The zero-order valence-electron chi connectivity index (χ0n) is 9.06. The fourth-order valence-corrected chi connectivity index (χ4v) is 0.952. The maximum atomic E-state index is 3.87. The highest BCUT2D eigenvalue weighted by molar-refractivity contribution is 5.06. The van der Waals surface area contributed by atoms with Gasteiger partial charge in [0.15, 0.2) is 0 Å². The van der Waals surface area contributed by atoms with Crippen LogP contribution in [0.1, 0.15) is 40.0 Å². The molecular formula is C13H20. The van der Waals surface area contributed by atoms with Gasteiger partial charge < -0.3 is 0 Å². The van der Waals surface area contributed by atoms with E-state index in [1.54, 1.807) is 0 Å². The van der Waals surface area contributed by atoms with E-state index in [4.69, 9.17) is 0 Å². The molecule has 0 aliphatic carbocycles. The van der Waals surface area contributed by atoms with Crippen molar-refractivity contribution in [2.45, 2.75) is 40.0 Å². The van der Waals surface area contributed by atoms with Crippen molar-refractivity contribution in [3.05, 3.63) is 41.7 Å². The molecule has 0 atom stereocenters. The standard InChI is InChI=1S/C13H20/c1-5-6-7-8-9-13(4)11-10-12(2)3/h5,7,11H,2,8-10H2,1,3-4H3. The predicted octanol–water partition coefficient (Wildman–Crippen LogP) is 4.41. The molecule has 0 aliphatic heterocycles. The Bertz CT molecular complexity index is 235. The summed E-state index contributed by atoms with van der Waals surface area (Å²) in [6.45, 7) is 10.1. The lowest BCUT2D eigenvalue weighted by molar-refractivity contribution is 0.965. The lowest BCUT2D eigenvalue weighted by Gasteiger charge is -1.97. The lowest BCUT2D eigenvalue weighted by Crippen LogP contribution is -1.77. The molecule has 0 amide bonds. The molecular weight excluding hydrogens is 156 g/mol. The van der Waals surface area contributed by atoms with Gasteiger partial charge in [-0.05, 0) is 52.2 Å². The topological polar surface area (TPSA) is 0 Å². The molecule has 0 aromatic carbocycles. The van der Waals surface area contributed by atoms with E-state index in [1.807, 2.05) is 13.0 Å². The van der Waals surface area contributed by atoms with Crippen LogP contribution in [-0.4, -0.2) is 0 Å². The van der Waals surface area contributed by atoms with Crippen LogP contribution >= 0.6 is 0 Å². The maximum Gasteiger partial charge on any atom is -0.0142 e. The van der Waals surface area contributed by atoms with Crippen molar-refractivity contribution in [3.8, 4) is 0 Å². The van der Waals surface area contributed by atoms with E-state index in [1.165, 1.54) is 11.1 Å². The van der Waals surface area contributed by atoms with Gasteiger partial charge in [0.2, 0.25) is 0 Å². The van der Waals surface area contributed by atoms with Crippen LogP contribution in [0.4, 0.5) is 0 Å². The molecule has 0 aromatic rings. The first kappa shape index (κ1) is 12.0. The van der Waals surface area contributed by atoms with Gasteiger partial charge in [-0.25, -0.2) is 0 Å². The molecule has 0 rings (SSSR count). The highest BCUT2D eigenvalue weighted by atomic mass is 13.9. The van der Waals surface area contributed by atoms with Crippen molar-refractivity contribution in [1.82, 2.24) is 0 Å². The number of rotatable bonds is 5. The molecule has 0 radical (unpaired) electrons. The Morgan fingerprint density at radius 1 is 1.38 bits per heavy atom. The summed E-state index contributed by atoms with van der Waals surface area (Å²) in [5.41, 5.74) is 5.74. The van der Waals surface area contributed by atoms with Crippen molar-refractivity contribution in [2.75, 3.05) is 0 Å². The number of hydrogen-bond donors (Lipinski definition) is 0. The SMILES string of the molecule is C=C(C)CC=C(C)CCC=C=CC. The summed E-state index contributed by atoms with van der Waals surface area (Å²) in [6.07, 6.45) is 9.51. The van der Waals surface area contributed by atoms with Crippen LogP contribution in [0.3, 0.4) is 0 Å². The van der Waals surface area contributed by atoms with Crippen LogP contribution in [-0.2, 0) is 0 Å². The average Bonchev–Trinajstić information content (AvgIpc) is 2.09. The second-order valence-corrected chi connectivity index (χ2v) is 3.41. The van der Waals surface area contributed by atoms with Crippen molar-refractivity contribution >= 4 is 0 Å². The Labute approximate surface area is 82.4 Å². The molecule has 13 heavy (non-hydrogen) atoms. The fourth-order valence-electron chi connectivity index (χ4n) is 0.952. The first-order chi connectivity index (χ1) is 6.16. The van der Waals surface area contributed by atoms with Gasteiger partial charge in [0.05, 0.1) is 0 Å². The van der Waals surface area contributed by atoms with Gasteiger partial charge in [0.1, 0.15) is 0 Å². The minimum atomic E-state index is 1.01.